The van der Waals surface area contributed by atoms with Gasteiger partial charge >= 0.3 is 0 Å². The highest BCUT2D eigenvalue weighted by molar-refractivity contribution is 5.29. The van der Waals surface area contributed by atoms with E-state index in [2.05, 4.69) is 31.2 Å². The normalized spacial score (nSPS) is 29.8. The van der Waals surface area contributed by atoms with Gasteiger partial charge in [-0.3, -0.25) is 0 Å². The van der Waals surface area contributed by atoms with Crippen molar-refractivity contribution < 1.29 is 9.13 Å². The topological polar surface area (TPSA) is 9.23 Å². The van der Waals surface area contributed by atoms with Gasteiger partial charge in [-0.2, -0.15) is 0 Å². The molecule has 0 saturated heterocycles. The lowest BCUT2D eigenvalue weighted by molar-refractivity contribution is 0.160. The van der Waals surface area contributed by atoms with Gasteiger partial charge in [-0.1, -0.05) is 25.1 Å². The van der Waals surface area contributed by atoms with Crippen LogP contribution >= 0.6 is 0 Å². The monoisotopic (exact) mass is 358 g/mol. The first-order valence-corrected chi connectivity index (χ1v) is 10.8. The highest BCUT2D eigenvalue weighted by Gasteiger charge is 2.31. The SMILES string of the molecule is CCCOc1ccc([C@H]2CC[C@H]([C@H]3CC[C@H](CC=CF)CC3)CC2)cc1. The van der Waals surface area contributed by atoms with E-state index in [0.29, 0.717) is 0 Å². The van der Waals surface area contributed by atoms with Crippen molar-refractivity contribution in [3.8, 4) is 5.75 Å². The van der Waals surface area contributed by atoms with Crippen molar-refractivity contribution in [2.24, 2.45) is 17.8 Å². The molecule has 3 rings (SSSR count). The maximum absolute atomic E-state index is 12.2. The van der Waals surface area contributed by atoms with Crippen LogP contribution < -0.4 is 4.74 Å². The third-order valence-electron chi connectivity index (χ3n) is 6.71. The fourth-order valence-corrected chi connectivity index (χ4v) is 5.12. The number of halogens is 1. The zero-order valence-electron chi connectivity index (χ0n) is 16.3. The molecule has 0 aromatic heterocycles. The van der Waals surface area contributed by atoms with Gasteiger partial charge in [-0.15, -0.1) is 0 Å². The van der Waals surface area contributed by atoms with Gasteiger partial charge in [0.2, 0.25) is 0 Å². The van der Waals surface area contributed by atoms with Crippen molar-refractivity contribution in [3.05, 3.63) is 42.2 Å². The third-order valence-corrected chi connectivity index (χ3v) is 6.71. The summed E-state index contributed by atoms with van der Waals surface area (Å²) in [6.45, 7) is 2.94. The molecule has 0 bridgehead atoms. The van der Waals surface area contributed by atoms with Gasteiger partial charge in [0.15, 0.2) is 0 Å². The first-order valence-electron chi connectivity index (χ1n) is 10.8. The summed E-state index contributed by atoms with van der Waals surface area (Å²) >= 11 is 0. The molecule has 0 amide bonds. The fourth-order valence-electron chi connectivity index (χ4n) is 5.12. The zero-order valence-corrected chi connectivity index (χ0v) is 16.3. The first kappa shape index (κ1) is 19.5. The molecule has 0 N–H and O–H groups in total. The van der Waals surface area contributed by atoms with Gasteiger partial charge in [-0.25, -0.2) is 4.39 Å². The molecule has 0 aliphatic heterocycles. The summed E-state index contributed by atoms with van der Waals surface area (Å²) in [5, 5.41) is 0. The van der Waals surface area contributed by atoms with E-state index in [-0.39, 0.29) is 0 Å². The molecule has 0 heterocycles. The largest absolute Gasteiger partial charge is 0.494 e. The maximum Gasteiger partial charge on any atom is 0.119 e. The number of ether oxygens (including phenoxy) is 1. The molecule has 2 heteroatoms. The fraction of sp³-hybridized carbons (Fsp3) is 0.667. The van der Waals surface area contributed by atoms with Gasteiger partial charge in [-0.05, 0) is 106 Å². The van der Waals surface area contributed by atoms with Gasteiger partial charge in [0.05, 0.1) is 12.9 Å². The molecule has 1 nitrogen and oxygen atoms in total. The predicted octanol–water partition coefficient (Wildman–Crippen LogP) is 7.43. The van der Waals surface area contributed by atoms with E-state index in [9.17, 15) is 4.39 Å². The van der Waals surface area contributed by atoms with Crippen LogP contribution in [0.15, 0.2) is 36.7 Å². The summed E-state index contributed by atoms with van der Waals surface area (Å²) in [6, 6.07) is 8.84. The second-order valence-electron chi connectivity index (χ2n) is 8.41. The molecule has 1 aromatic rings. The standard InChI is InChI=1S/C24H35FO/c1-2-18-26-24-15-13-23(14-16-24)22-11-9-21(10-12-22)20-7-5-19(6-8-20)4-3-17-25/h3,13-17,19-22H,2,4-12,18H2,1H3/t19-,20-,21-,22-. The molecule has 2 aliphatic carbocycles. The molecule has 2 aliphatic rings. The van der Waals surface area contributed by atoms with Crippen molar-refractivity contribution in [3.63, 3.8) is 0 Å². The van der Waals surface area contributed by atoms with E-state index in [1.807, 2.05) is 0 Å². The average molecular weight is 359 g/mol. The lowest BCUT2D eigenvalue weighted by Crippen LogP contribution is -2.25. The first-order chi connectivity index (χ1) is 12.8. The van der Waals surface area contributed by atoms with E-state index >= 15 is 0 Å². The number of rotatable bonds is 7. The predicted molar refractivity (Wildman–Crippen MR) is 107 cm³/mol. The summed E-state index contributed by atoms with van der Waals surface area (Å²) in [7, 11) is 0. The van der Waals surface area contributed by atoms with E-state index in [0.717, 1.165) is 55.2 Å². The van der Waals surface area contributed by atoms with Crippen molar-refractivity contribution in [2.75, 3.05) is 6.61 Å². The Morgan fingerprint density at radius 1 is 0.923 bits per heavy atom. The summed E-state index contributed by atoms with van der Waals surface area (Å²) in [5.74, 6) is 4.31. The third kappa shape index (κ3) is 5.34. The highest BCUT2D eigenvalue weighted by atomic mass is 19.1. The van der Waals surface area contributed by atoms with Crippen LogP contribution in [0.4, 0.5) is 4.39 Å². The van der Waals surface area contributed by atoms with E-state index in [4.69, 9.17) is 4.74 Å². The summed E-state index contributed by atoms with van der Waals surface area (Å²) in [5.41, 5.74) is 1.49. The van der Waals surface area contributed by atoms with Crippen LogP contribution in [0.25, 0.3) is 0 Å². The molecule has 0 unspecified atom stereocenters. The van der Waals surface area contributed by atoms with Gasteiger partial charge < -0.3 is 4.74 Å². The van der Waals surface area contributed by atoms with Crippen LogP contribution in [0.5, 0.6) is 5.75 Å². The maximum atomic E-state index is 12.2. The molecule has 0 spiro atoms. The Kier molecular flexibility index (Phi) is 7.58. The van der Waals surface area contributed by atoms with Gasteiger partial charge in [0, 0.05) is 0 Å². The Bertz CT molecular complexity index is 534. The molecular formula is C24H35FO. The second-order valence-corrected chi connectivity index (χ2v) is 8.41. The van der Waals surface area contributed by atoms with Crippen LogP contribution in [-0.2, 0) is 0 Å². The number of hydrogen-bond acceptors (Lipinski definition) is 1. The van der Waals surface area contributed by atoms with Crippen molar-refractivity contribution in [1.29, 1.82) is 0 Å². The molecule has 2 saturated carbocycles. The van der Waals surface area contributed by atoms with Crippen LogP contribution in [-0.4, -0.2) is 6.61 Å². The quantitative estimate of drug-likeness (QED) is 0.492. The Balaban J connectivity index is 1.43. The minimum Gasteiger partial charge on any atom is -0.494 e. The smallest absolute Gasteiger partial charge is 0.119 e. The van der Waals surface area contributed by atoms with Gasteiger partial charge in [0.1, 0.15) is 5.75 Å². The van der Waals surface area contributed by atoms with Crippen molar-refractivity contribution in [1.82, 2.24) is 0 Å². The van der Waals surface area contributed by atoms with Crippen molar-refractivity contribution in [2.45, 2.75) is 77.0 Å². The Hall–Kier alpha value is -1.31. The zero-order chi connectivity index (χ0) is 18.2. The van der Waals surface area contributed by atoms with Crippen LogP contribution in [0, 0.1) is 17.8 Å². The lowest BCUT2D eigenvalue weighted by Gasteiger charge is -2.38. The second kappa shape index (κ2) is 10.1. The number of allylic oxidation sites excluding steroid dienone is 1. The summed E-state index contributed by atoms with van der Waals surface area (Å²) < 4.78 is 17.9. The Morgan fingerprint density at radius 2 is 1.54 bits per heavy atom. The molecule has 2 fully saturated rings. The summed E-state index contributed by atoms with van der Waals surface area (Å²) in [6.07, 6.45) is 15.2. The van der Waals surface area contributed by atoms with Gasteiger partial charge in [0.25, 0.3) is 0 Å². The van der Waals surface area contributed by atoms with Crippen molar-refractivity contribution >= 4 is 0 Å². The van der Waals surface area contributed by atoms with E-state index in [1.54, 1.807) is 6.08 Å². The minimum atomic E-state index is 0.718. The minimum absolute atomic E-state index is 0.718. The van der Waals surface area contributed by atoms with E-state index in [1.165, 1.54) is 56.9 Å². The molecule has 1 aromatic carbocycles. The van der Waals surface area contributed by atoms with E-state index < -0.39 is 0 Å². The van der Waals surface area contributed by atoms with Crippen LogP contribution in [0.1, 0.15) is 82.6 Å². The number of benzene rings is 1. The molecule has 0 atom stereocenters. The highest BCUT2D eigenvalue weighted by Crippen LogP contribution is 2.44. The molecular weight excluding hydrogens is 323 g/mol. The Morgan fingerprint density at radius 3 is 2.12 bits per heavy atom. The van der Waals surface area contributed by atoms with Crippen LogP contribution in [0.2, 0.25) is 0 Å². The Labute approximate surface area is 159 Å². The summed E-state index contributed by atoms with van der Waals surface area (Å²) in [4.78, 5) is 0. The average Bonchev–Trinajstić information content (AvgIpc) is 2.72. The van der Waals surface area contributed by atoms with Crippen LogP contribution in [0.3, 0.4) is 0 Å². The molecule has 0 radical (unpaired) electrons. The molecule has 26 heavy (non-hydrogen) atoms. The lowest BCUT2D eigenvalue weighted by atomic mass is 9.68. The number of hydrogen-bond donors (Lipinski definition) is 0. The molecule has 144 valence electrons.